The van der Waals surface area contributed by atoms with Crippen LogP contribution < -0.4 is 0 Å². The Balaban J connectivity index is 1.29. The number of rotatable bonds is 5. The molecule has 0 atom stereocenters. The zero-order chi connectivity index (χ0) is 18.9. The van der Waals surface area contributed by atoms with E-state index >= 15 is 0 Å². The van der Waals surface area contributed by atoms with Crippen molar-refractivity contribution in [3.8, 4) is 0 Å². The van der Waals surface area contributed by atoms with Gasteiger partial charge in [-0.1, -0.05) is 6.07 Å². The van der Waals surface area contributed by atoms with Crippen molar-refractivity contribution in [3.05, 3.63) is 45.4 Å². The molecule has 148 valence electrons. The van der Waals surface area contributed by atoms with E-state index in [4.69, 9.17) is 4.98 Å². The van der Waals surface area contributed by atoms with Gasteiger partial charge in [-0.05, 0) is 24.3 Å². The SMILES string of the molecule is O=C(c1nc2sccn2c1CN1CCN(Cc2cccs2)CC1)N1CCCC1. The number of likely N-dealkylation sites (tertiary alicyclic amines) is 1. The highest BCUT2D eigenvalue weighted by atomic mass is 32.1. The van der Waals surface area contributed by atoms with Gasteiger partial charge >= 0.3 is 0 Å². The average molecular weight is 416 g/mol. The average Bonchev–Trinajstić information content (AvgIpc) is 3.50. The van der Waals surface area contributed by atoms with Crippen LogP contribution in [0.4, 0.5) is 0 Å². The number of hydrogen-bond acceptors (Lipinski definition) is 6. The summed E-state index contributed by atoms with van der Waals surface area (Å²) in [7, 11) is 0. The van der Waals surface area contributed by atoms with Crippen LogP contribution in [0.1, 0.15) is 33.9 Å². The number of nitrogens with zero attached hydrogens (tertiary/aromatic N) is 5. The molecule has 0 aromatic carbocycles. The normalized spacial score (nSPS) is 19.1. The largest absolute Gasteiger partial charge is 0.337 e. The first-order valence-corrected chi connectivity index (χ1v) is 11.7. The lowest BCUT2D eigenvalue weighted by atomic mass is 10.2. The predicted molar refractivity (Wildman–Crippen MR) is 113 cm³/mol. The molecule has 0 aliphatic carbocycles. The van der Waals surface area contributed by atoms with Crippen molar-refractivity contribution in [1.29, 1.82) is 0 Å². The highest BCUT2D eigenvalue weighted by Crippen LogP contribution is 2.23. The lowest BCUT2D eigenvalue weighted by molar-refractivity contribution is 0.0782. The van der Waals surface area contributed by atoms with E-state index in [2.05, 4.69) is 43.3 Å². The molecule has 1 amide bonds. The topological polar surface area (TPSA) is 44.1 Å². The van der Waals surface area contributed by atoms with Crippen LogP contribution in [0.25, 0.3) is 4.96 Å². The molecule has 0 bridgehead atoms. The second-order valence-electron chi connectivity index (χ2n) is 7.59. The highest BCUT2D eigenvalue weighted by molar-refractivity contribution is 7.15. The first kappa shape index (κ1) is 18.3. The quantitative estimate of drug-likeness (QED) is 0.643. The summed E-state index contributed by atoms with van der Waals surface area (Å²) in [5.74, 6) is 0.111. The van der Waals surface area contributed by atoms with E-state index in [0.29, 0.717) is 5.69 Å². The van der Waals surface area contributed by atoms with Gasteiger partial charge in [0.15, 0.2) is 10.7 Å². The minimum atomic E-state index is 0.111. The van der Waals surface area contributed by atoms with Gasteiger partial charge in [0.25, 0.3) is 5.91 Å². The summed E-state index contributed by atoms with van der Waals surface area (Å²) in [5.41, 5.74) is 1.72. The maximum absolute atomic E-state index is 13.0. The summed E-state index contributed by atoms with van der Waals surface area (Å²) in [5, 5.41) is 4.20. The molecule has 0 spiro atoms. The zero-order valence-corrected chi connectivity index (χ0v) is 17.6. The summed E-state index contributed by atoms with van der Waals surface area (Å²) < 4.78 is 2.12. The van der Waals surface area contributed by atoms with Crippen molar-refractivity contribution < 1.29 is 4.79 Å². The lowest BCUT2D eigenvalue weighted by Gasteiger charge is -2.34. The second-order valence-corrected chi connectivity index (χ2v) is 9.50. The van der Waals surface area contributed by atoms with Crippen LogP contribution in [0.3, 0.4) is 0 Å². The molecule has 5 rings (SSSR count). The van der Waals surface area contributed by atoms with Crippen LogP contribution >= 0.6 is 22.7 Å². The molecule has 3 aromatic heterocycles. The van der Waals surface area contributed by atoms with Crippen molar-refractivity contribution in [2.24, 2.45) is 0 Å². The number of thiophene rings is 1. The van der Waals surface area contributed by atoms with Crippen LogP contribution in [-0.2, 0) is 13.1 Å². The van der Waals surface area contributed by atoms with Gasteiger partial charge in [-0.15, -0.1) is 22.7 Å². The van der Waals surface area contributed by atoms with E-state index in [9.17, 15) is 4.79 Å². The number of piperazine rings is 1. The summed E-state index contributed by atoms with van der Waals surface area (Å²) in [6, 6.07) is 4.34. The molecule has 0 N–H and O–H groups in total. The summed E-state index contributed by atoms with van der Waals surface area (Å²) >= 11 is 3.44. The minimum absolute atomic E-state index is 0.111. The van der Waals surface area contributed by atoms with E-state index in [-0.39, 0.29) is 5.91 Å². The second kappa shape index (κ2) is 7.94. The summed E-state index contributed by atoms with van der Waals surface area (Å²) in [6.45, 7) is 7.76. The molecule has 2 fully saturated rings. The van der Waals surface area contributed by atoms with Gasteiger partial charge in [0.05, 0.1) is 5.69 Å². The third-order valence-electron chi connectivity index (χ3n) is 5.75. The lowest BCUT2D eigenvalue weighted by Crippen LogP contribution is -2.45. The van der Waals surface area contributed by atoms with Crippen LogP contribution in [0.5, 0.6) is 0 Å². The number of hydrogen-bond donors (Lipinski definition) is 0. The molecule has 6 nitrogen and oxygen atoms in total. The molecule has 0 saturated carbocycles. The van der Waals surface area contributed by atoms with E-state index in [1.165, 1.54) is 4.88 Å². The Kier molecular flexibility index (Phi) is 5.19. The van der Waals surface area contributed by atoms with Gasteiger partial charge < -0.3 is 4.90 Å². The molecule has 3 aromatic rings. The molecule has 0 unspecified atom stereocenters. The first-order chi connectivity index (χ1) is 13.8. The maximum Gasteiger partial charge on any atom is 0.274 e. The Bertz CT molecular complexity index is 933. The fourth-order valence-electron chi connectivity index (χ4n) is 4.17. The monoisotopic (exact) mass is 415 g/mol. The van der Waals surface area contributed by atoms with Gasteiger partial charge in [-0.25, -0.2) is 4.98 Å². The van der Waals surface area contributed by atoms with Crippen LogP contribution in [0, 0.1) is 0 Å². The van der Waals surface area contributed by atoms with Gasteiger partial charge in [0.1, 0.15) is 0 Å². The van der Waals surface area contributed by atoms with E-state index in [1.54, 1.807) is 11.3 Å². The number of imidazole rings is 1. The van der Waals surface area contributed by atoms with Crippen LogP contribution in [-0.4, -0.2) is 69.3 Å². The van der Waals surface area contributed by atoms with Crippen molar-refractivity contribution in [2.75, 3.05) is 39.3 Å². The van der Waals surface area contributed by atoms with Crippen molar-refractivity contribution in [3.63, 3.8) is 0 Å². The number of thiazole rings is 1. The standard InChI is InChI=1S/C20H25N5OS2/c26-19(24-5-1-2-6-24)18-17(25-11-13-28-20(25)21-18)15-23-9-7-22(8-10-23)14-16-4-3-12-27-16/h3-4,11-13H,1-2,5-10,14-15H2. The third-order valence-corrected chi connectivity index (χ3v) is 7.37. The van der Waals surface area contributed by atoms with Crippen LogP contribution in [0.2, 0.25) is 0 Å². The Morgan fingerprint density at radius 1 is 0.964 bits per heavy atom. The number of carbonyl (C=O) groups is 1. The molecule has 2 aliphatic rings. The number of amides is 1. The Labute approximate surface area is 173 Å². The Hall–Kier alpha value is -1.74. The molecular formula is C20H25N5OS2. The molecule has 2 saturated heterocycles. The van der Waals surface area contributed by atoms with Crippen LogP contribution in [0.15, 0.2) is 29.1 Å². The van der Waals surface area contributed by atoms with E-state index in [1.807, 2.05) is 16.2 Å². The predicted octanol–water partition coefficient (Wildman–Crippen LogP) is 3.01. The fraction of sp³-hybridized carbons (Fsp3) is 0.500. The van der Waals surface area contributed by atoms with Gasteiger partial charge in [0, 0.05) is 68.8 Å². The van der Waals surface area contributed by atoms with Gasteiger partial charge in [0.2, 0.25) is 0 Å². The highest BCUT2D eigenvalue weighted by Gasteiger charge is 2.28. The Morgan fingerprint density at radius 3 is 2.43 bits per heavy atom. The molecule has 28 heavy (non-hydrogen) atoms. The van der Waals surface area contributed by atoms with Crippen molar-refractivity contribution in [1.82, 2.24) is 24.1 Å². The van der Waals surface area contributed by atoms with E-state index in [0.717, 1.165) is 75.9 Å². The zero-order valence-electron chi connectivity index (χ0n) is 15.9. The minimum Gasteiger partial charge on any atom is -0.337 e. The van der Waals surface area contributed by atoms with Gasteiger partial charge in [-0.3, -0.25) is 19.0 Å². The van der Waals surface area contributed by atoms with E-state index < -0.39 is 0 Å². The number of carbonyl (C=O) groups excluding carboxylic acids is 1. The summed E-state index contributed by atoms with van der Waals surface area (Å²) in [6.07, 6.45) is 4.27. The maximum atomic E-state index is 13.0. The third kappa shape index (κ3) is 3.61. The fourth-order valence-corrected chi connectivity index (χ4v) is 5.64. The van der Waals surface area contributed by atoms with Crippen molar-refractivity contribution >= 4 is 33.5 Å². The molecule has 5 heterocycles. The first-order valence-electron chi connectivity index (χ1n) is 9.99. The smallest absolute Gasteiger partial charge is 0.274 e. The molecule has 2 aliphatic heterocycles. The number of aromatic nitrogens is 2. The van der Waals surface area contributed by atoms with Gasteiger partial charge in [-0.2, -0.15) is 0 Å². The number of fused-ring (bicyclic) bond motifs is 1. The Morgan fingerprint density at radius 2 is 1.71 bits per heavy atom. The molecule has 8 heteroatoms. The summed E-state index contributed by atoms with van der Waals surface area (Å²) in [4.78, 5) is 27.1. The molecule has 0 radical (unpaired) electrons. The molecular weight excluding hydrogens is 390 g/mol. The van der Waals surface area contributed by atoms with Crippen molar-refractivity contribution in [2.45, 2.75) is 25.9 Å².